The van der Waals surface area contributed by atoms with E-state index in [1.165, 1.54) is 0 Å². The molecular formula is C17H25NO4. The van der Waals surface area contributed by atoms with Crippen molar-refractivity contribution in [2.75, 3.05) is 7.11 Å². The number of methoxy groups -OCH3 is 1. The number of carbonyl (C=O) groups is 2. The number of benzene rings is 1. The van der Waals surface area contributed by atoms with Crippen LogP contribution in [0.1, 0.15) is 39.7 Å². The summed E-state index contributed by atoms with van der Waals surface area (Å²) in [6.07, 6.45) is -0.517. The number of hydrogen-bond acceptors (Lipinski definition) is 4. The van der Waals surface area contributed by atoms with Crippen LogP contribution in [0.15, 0.2) is 24.3 Å². The predicted molar refractivity (Wildman–Crippen MR) is 84.5 cm³/mol. The number of carbonyl (C=O) groups excluding carboxylic acids is 2. The van der Waals surface area contributed by atoms with Gasteiger partial charge in [-0.3, -0.25) is 9.59 Å². The zero-order valence-electron chi connectivity index (χ0n) is 13.9. The SMILES string of the molecule is COc1ccc(CNC(=O)[C@@H](C)OC(=O)CC(C)(C)C)cc1. The lowest BCUT2D eigenvalue weighted by Crippen LogP contribution is -2.36. The van der Waals surface area contributed by atoms with Crippen LogP contribution in [-0.4, -0.2) is 25.1 Å². The van der Waals surface area contributed by atoms with Crippen molar-refractivity contribution in [3.8, 4) is 5.75 Å². The van der Waals surface area contributed by atoms with Gasteiger partial charge in [-0.2, -0.15) is 0 Å². The highest BCUT2D eigenvalue weighted by molar-refractivity contribution is 5.83. The molecule has 0 aromatic heterocycles. The number of amides is 1. The lowest BCUT2D eigenvalue weighted by atomic mass is 9.92. The third-order valence-corrected chi connectivity index (χ3v) is 2.98. The van der Waals surface area contributed by atoms with Crippen molar-refractivity contribution in [2.45, 2.75) is 46.8 Å². The largest absolute Gasteiger partial charge is 0.497 e. The molecule has 0 heterocycles. The van der Waals surface area contributed by atoms with Crippen molar-refractivity contribution in [2.24, 2.45) is 5.41 Å². The van der Waals surface area contributed by atoms with Gasteiger partial charge in [0.05, 0.1) is 13.5 Å². The molecule has 0 spiro atoms. The fraction of sp³-hybridized carbons (Fsp3) is 0.529. The van der Waals surface area contributed by atoms with Crippen LogP contribution >= 0.6 is 0 Å². The van der Waals surface area contributed by atoms with E-state index in [-0.39, 0.29) is 23.7 Å². The van der Waals surface area contributed by atoms with Gasteiger partial charge in [0.1, 0.15) is 5.75 Å². The summed E-state index contributed by atoms with van der Waals surface area (Å²) in [5, 5.41) is 2.75. The summed E-state index contributed by atoms with van der Waals surface area (Å²) < 4.78 is 10.2. The van der Waals surface area contributed by atoms with E-state index in [0.29, 0.717) is 6.54 Å². The highest BCUT2D eigenvalue weighted by Crippen LogP contribution is 2.19. The third-order valence-electron chi connectivity index (χ3n) is 2.98. The van der Waals surface area contributed by atoms with Gasteiger partial charge in [0.15, 0.2) is 6.10 Å². The smallest absolute Gasteiger partial charge is 0.307 e. The van der Waals surface area contributed by atoms with Crippen molar-refractivity contribution in [1.29, 1.82) is 0 Å². The summed E-state index contributed by atoms with van der Waals surface area (Å²) in [7, 11) is 1.60. The van der Waals surface area contributed by atoms with Crippen molar-refractivity contribution >= 4 is 11.9 Å². The number of esters is 1. The minimum atomic E-state index is -0.798. The lowest BCUT2D eigenvalue weighted by Gasteiger charge is -2.19. The Morgan fingerprint density at radius 3 is 2.27 bits per heavy atom. The van der Waals surface area contributed by atoms with Gasteiger partial charge in [-0.05, 0) is 30.0 Å². The van der Waals surface area contributed by atoms with Crippen molar-refractivity contribution < 1.29 is 19.1 Å². The second kappa shape index (κ2) is 7.82. The van der Waals surface area contributed by atoms with Gasteiger partial charge >= 0.3 is 5.97 Å². The normalized spacial score (nSPS) is 12.4. The van der Waals surface area contributed by atoms with E-state index < -0.39 is 6.10 Å². The molecule has 0 saturated heterocycles. The summed E-state index contributed by atoms with van der Waals surface area (Å²) in [5.74, 6) is 0.0947. The number of hydrogen-bond donors (Lipinski definition) is 1. The topological polar surface area (TPSA) is 64.6 Å². The van der Waals surface area contributed by atoms with E-state index in [4.69, 9.17) is 9.47 Å². The average Bonchev–Trinajstić information content (AvgIpc) is 2.43. The molecule has 0 aliphatic rings. The monoisotopic (exact) mass is 307 g/mol. The van der Waals surface area contributed by atoms with Crippen LogP contribution in [0.25, 0.3) is 0 Å². The molecule has 122 valence electrons. The lowest BCUT2D eigenvalue weighted by molar-refractivity contribution is -0.156. The summed E-state index contributed by atoms with van der Waals surface area (Å²) in [4.78, 5) is 23.6. The highest BCUT2D eigenvalue weighted by atomic mass is 16.5. The first kappa shape index (κ1) is 18.0. The Hall–Kier alpha value is -2.04. The Kier molecular flexibility index (Phi) is 6.40. The standard InChI is InChI=1S/C17H25NO4/c1-12(22-15(19)10-17(2,3)4)16(20)18-11-13-6-8-14(21-5)9-7-13/h6-9,12H,10-11H2,1-5H3,(H,18,20)/t12-/m1/s1. The van der Waals surface area contributed by atoms with Gasteiger partial charge in [-0.25, -0.2) is 0 Å². The van der Waals surface area contributed by atoms with Crippen molar-refractivity contribution in [1.82, 2.24) is 5.32 Å². The Balaban J connectivity index is 2.42. The van der Waals surface area contributed by atoms with Crippen molar-refractivity contribution in [3.05, 3.63) is 29.8 Å². The maximum atomic E-state index is 11.9. The molecule has 1 aromatic carbocycles. The predicted octanol–water partition coefficient (Wildman–Crippen LogP) is 2.68. The molecule has 1 N–H and O–H groups in total. The molecule has 1 aromatic rings. The molecule has 1 amide bonds. The fourth-order valence-electron chi connectivity index (χ4n) is 1.80. The van der Waals surface area contributed by atoms with Crippen LogP contribution < -0.4 is 10.1 Å². The molecule has 0 radical (unpaired) electrons. The quantitative estimate of drug-likeness (QED) is 0.821. The Morgan fingerprint density at radius 1 is 1.18 bits per heavy atom. The van der Waals surface area contributed by atoms with E-state index in [1.54, 1.807) is 14.0 Å². The Morgan fingerprint density at radius 2 is 1.77 bits per heavy atom. The minimum absolute atomic E-state index is 0.156. The molecule has 0 fully saturated rings. The maximum absolute atomic E-state index is 11.9. The molecular weight excluding hydrogens is 282 g/mol. The molecule has 0 bridgehead atoms. The number of rotatable bonds is 6. The second-order valence-corrected chi connectivity index (χ2v) is 6.44. The van der Waals surface area contributed by atoms with Gasteiger partial charge in [0.2, 0.25) is 0 Å². The molecule has 0 unspecified atom stereocenters. The maximum Gasteiger partial charge on any atom is 0.307 e. The van der Waals surface area contributed by atoms with Crippen LogP contribution in [0.5, 0.6) is 5.75 Å². The van der Waals surface area contributed by atoms with E-state index in [9.17, 15) is 9.59 Å². The van der Waals surface area contributed by atoms with E-state index in [1.807, 2.05) is 45.0 Å². The van der Waals surface area contributed by atoms with Crippen LogP contribution in [-0.2, 0) is 20.9 Å². The van der Waals surface area contributed by atoms with Gasteiger partial charge in [-0.15, -0.1) is 0 Å². The summed E-state index contributed by atoms with van der Waals surface area (Å²) in [6.45, 7) is 7.79. The zero-order valence-corrected chi connectivity index (χ0v) is 13.9. The van der Waals surface area contributed by atoms with E-state index >= 15 is 0 Å². The molecule has 0 aliphatic heterocycles. The number of nitrogens with one attached hydrogen (secondary N) is 1. The highest BCUT2D eigenvalue weighted by Gasteiger charge is 2.22. The van der Waals surface area contributed by atoms with Crippen LogP contribution in [0, 0.1) is 5.41 Å². The molecule has 5 nitrogen and oxygen atoms in total. The molecule has 5 heteroatoms. The Labute approximate surface area is 132 Å². The summed E-state index contributed by atoms with van der Waals surface area (Å²) in [5.41, 5.74) is 0.790. The molecule has 0 aliphatic carbocycles. The third kappa shape index (κ3) is 6.61. The molecule has 1 atom stereocenters. The molecule has 0 saturated carbocycles. The van der Waals surface area contributed by atoms with Gasteiger partial charge in [0, 0.05) is 6.54 Å². The first-order valence-electron chi connectivity index (χ1n) is 7.31. The van der Waals surface area contributed by atoms with Gasteiger partial charge in [0.25, 0.3) is 5.91 Å². The van der Waals surface area contributed by atoms with Gasteiger partial charge in [-0.1, -0.05) is 32.9 Å². The van der Waals surface area contributed by atoms with E-state index in [2.05, 4.69) is 5.32 Å². The van der Waals surface area contributed by atoms with Crippen LogP contribution in [0.4, 0.5) is 0 Å². The minimum Gasteiger partial charge on any atom is -0.497 e. The Bertz CT molecular complexity index is 502. The van der Waals surface area contributed by atoms with Crippen molar-refractivity contribution in [3.63, 3.8) is 0 Å². The fourth-order valence-corrected chi connectivity index (χ4v) is 1.80. The first-order valence-corrected chi connectivity index (χ1v) is 7.31. The molecule has 22 heavy (non-hydrogen) atoms. The average molecular weight is 307 g/mol. The summed E-state index contributed by atoms with van der Waals surface area (Å²) >= 11 is 0. The molecule has 1 rings (SSSR count). The van der Waals surface area contributed by atoms with Gasteiger partial charge < -0.3 is 14.8 Å². The number of ether oxygens (including phenoxy) is 2. The summed E-state index contributed by atoms with van der Waals surface area (Å²) in [6, 6.07) is 7.40. The van der Waals surface area contributed by atoms with Crippen LogP contribution in [0.2, 0.25) is 0 Å². The zero-order chi connectivity index (χ0) is 16.8. The van der Waals surface area contributed by atoms with Crippen LogP contribution in [0.3, 0.4) is 0 Å². The first-order chi connectivity index (χ1) is 10.2. The second-order valence-electron chi connectivity index (χ2n) is 6.44. The van der Waals surface area contributed by atoms with E-state index in [0.717, 1.165) is 11.3 Å².